The molecular formula is C27H20F2N4O6. The number of pyridine rings is 1. The number of ether oxygens (including phenoxy) is 2. The number of fused-ring (bicyclic) bond motifs is 2. The largest absolute Gasteiger partial charge is 0.452 e. The van der Waals surface area contributed by atoms with Crippen molar-refractivity contribution < 1.29 is 32.3 Å². The molecular weight excluding hydrogens is 514 g/mol. The maximum Gasteiger partial charge on any atom is 0.387 e. The van der Waals surface area contributed by atoms with Crippen molar-refractivity contribution in [2.24, 2.45) is 0 Å². The van der Waals surface area contributed by atoms with Crippen molar-refractivity contribution in [1.29, 1.82) is 0 Å². The fourth-order valence-electron chi connectivity index (χ4n) is 4.20. The average Bonchev–Trinajstić information content (AvgIpc) is 3.25. The maximum atomic E-state index is 13.1. The second-order valence-corrected chi connectivity index (χ2v) is 8.47. The summed E-state index contributed by atoms with van der Waals surface area (Å²) in [5, 5.41) is 9.81. The van der Waals surface area contributed by atoms with E-state index < -0.39 is 30.7 Å². The second kappa shape index (κ2) is 10.3. The van der Waals surface area contributed by atoms with Gasteiger partial charge < -0.3 is 13.9 Å². The normalized spacial score (nSPS) is 11.2. The van der Waals surface area contributed by atoms with Gasteiger partial charge in [0.2, 0.25) is 5.88 Å². The first-order chi connectivity index (χ1) is 18.7. The molecule has 0 bridgehead atoms. The zero-order chi connectivity index (χ0) is 27.7. The van der Waals surface area contributed by atoms with Gasteiger partial charge >= 0.3 is 12.6 Å². The van der Waals surface area contributed by atoms with E-state index in [1.807, 2.05) is 0 Å². The van der Waals surface area contributed by atoms with Gasteiger partial charge in [-0.25, -0.2) is 14.9 Å². The number of nitrogens with zero attached hydrogens (tertiary/aromatic N) is 2. The second-order valence-electron chi connectivity index (χ2n) is 8.47. The van der Waals surface area contributed by atoms with Crippen LogP contribution in [0.2, 0.25) is 0 Å². The van der Waals surface area contributed by atoms with Gasteiger partial charge in [0.05, 0.1) is 27.9 Å². The molecule has 0 aliphatic carbocycles. The number of amides is 1. The Morgan fingerprint density at radius 3 is 2.56 bits per heavy atom. The highest BCUT2D eigenvalue weighted by Crippen LogP contribution is 2.29. The van der Waals surface area contributed by atoms with Crippen LogP contribution in [0.5, 0.6) is 5.75 Å². The lowest BCUT2D eigenvalue weighted by Gasteiger charge is -2.11. The lowest BCUT2D eigenvalue weighted by Crippen LogP contribution is -2.22. The zero-order valence-corrected chi connectivity index (χ0v) is 20.6. The molecule has 3 heterocycles. The first-order valence-electron chi connectivity index (χ1n) is 11.6. The van der Waals surface area contributed by atoms with Crippen LogP contribution >= 0.6 is 0 Å². The molecule has 12 heteroatoms. The van der Waals surface area contributed by atoms with Gasteiger partial charge in [-0.2, -0.15) is 13.9 Å². The Morgan fingerprint density at radius 2 is 1.82 bits per heavy atom. The SMILES string of the molecule is Cc1n[nH]c(=O)c2c(NC(=O)COC(=O)c3cc(-c4ccc(OC(F)F)cc4)nc4ccccc34)oc(C)c12. The Labute approximate surface area is 218 Å². The highest BCUT2D eigenvalue weighted by atomic mass is 19.3. The van der Waals surface area contributed by atoms with Crippen molar-refractivity contribution in [2.75, 3.05) is 11.9 Å². The van der Waals surface area contributed by atoms with E-state index in [1.54, 1.807) is 38.1 Å². The molecule has 5 aromatic rings. The number of aromatic amines is 1. The number of H-pyrrole nitrogens is 1. The fraction of sp³-hybridized carbons (Fsp3) is 0.148. The van der Waals surface area contributed by atoms with Gasteiger partial charge in [0, 0.05) is 10.9 Å². The van der Waals surface area contributed by atoms with Crippen molar-refractivity contribution >= 4 is 39.4 Å². The van der Waals surface area contributed by atoms with E-state index in [9.17, 15) is 23.2 Å². The molecule has 5 rings (SSSR count). The smallest absolute Gasteiger partial charge is 0.387 e. The summed E-state index contributed by atoms with van der Waals surface area (Å²) in [5.41, 5.74) is 1.55. The number of anilines is 1. The topological polar surface area (TPSA) is 136 Å². The standard InChI is InChI=1S/C27H20F2N4O6/c1-13-22-14(2)38-25(23(22)24(35)33-32-13)31-21(34)12-37-26(36)18-11-20(30-19-6-4-3-5-17(18)19)15-7-9-16(10-8-15)39-27(28)29/h3-11,27H,12H2,1-2H3,(H,31,34)(H,33,35). The van der Waals surface area contributed by atoms with Crippen molar-refractivity contribution in [3.8, 4) is 17.0 Å². The van der Waals surface area contributed by atoms with Crippen LogP contribution in [0.15, 0.2) is 63.8 Å². The predicted octanol–water partition coefficient (Wildman–Crippen LogP) is 4.75. The molecule has 39 heavy (non-hydrogen) atoms. The van der Waals surface area contributed by atoms with Gasteiger partial charge in [0.1, 0.15) is 16.9 Å². The molecule has 0 fully saturated rings. The van der Waals surface area contributed by atoms with Crippen LogP contribution < -0.4 is 15.6 Å². The Morgan fingerprint density at radius 1 is 1.08 bits per heavy atom. The number of furan rings is 1. The van der Waals surface area contributed by atoms with Crippen LogP contribution in [-0.4, -0.2) is 40.3 Å². The minimum Gasteiger partial charge on any atom is -0.452 e. The number of aromatic nitrogens is 3. The molecule has 198 valence electrons. The Bertz CT molecular complexity index is 1780. The fourth-order valence-corrected chi connectivity index (χ4v) is 4.20. The summed E-state index contributed by atoms with van der Waals surface area (Å²) in [6, 6.07) is 14.1. The first-order valence-corrected chi connectivity index (χ1v) is 11.6. The van der Waals surface area contributed by atoms with E-state index in [1.165, 1.54) is 30.3 Å². The van der Waals surface area contributed by atoms with Crippen molar-refractivity contribution in [2.45, 2.75) is 20.5 Å². The Hall–Kier alpha value is -5.13. The van der Waals surface area contributed by atoms with Crippen LogP contribution in [0.3, 0.4) is 0 Å². The number of hydrogen-bond donors (Lipinski definition) is 2. The molecule has 0 aliphatic rings. The van der Waals surface area contributed by atoms with Gasteiger partial charge in [0.25, 0.3) is 11.5 Å². The van der Waals surface area contributed by atoms with Gasteiger partial charge in [-0.3, -0.25) is 14.9 Å². The number of nitrogens with one attached hydrogen (secondary N) is 2. The van der Waals surface area contributed by atoms with Crippen LogP contribution in [0, 0.1) is 13.8 Å². The molecule has 0 unspecified atom stereocenters. The quantitative estimate of drug-likeness (QED) is 0.286. The van der Waals surface area contributed by atoms with Gasteiger partial charge in [-0.05, 0) is 50.2 Å². The van der Waals surface area contributed by atoms with E-state index in [2.05, 4.69) is 25.2 Å². The van der Waals surface area contributed by atoms with E-state index in [-0.39, 0.29) is 22.6 Å². The van der Waals surface area contributed by atoms with E-state index in [0.29, 0.717) is 39.0 Å². The van der Waals surface area contributed by atoms with E-state index in [0.717, 1.165) is 0 Å². The molecule has 0 saturated heterocycles. The molecule has 0 spiro atoms. The molecule has 0 aliphatic heterocycles. The molecule has 2 N–H and O–H groups in total. The number of alkyl halides is 2. The molecule has 0 saturated carbocycles. The minimum atomic E-state index is -2.95. The number of halogens is 2. The number of esters is 1. The number of hydrogen-bond acceptors (Lipinski definition) is 8. The zero-order valence-electron chi connectivity index (χ0n) is 20.6. The highest BCUT2D eigenvalue weighted by Gasteiger charge is 2.21. The number of benzene rings is 2. The summed E-state index contributed by atoms with van der Waals surface area (Å²) >= 11 is 0. The Balaban J connectivity index is 1.37. The van der Waals surface area contributed by atoms with Crippen LogP contribution in [-0.2, 0) is 9.53 Å². The summed E-state index contributed by atoms with van der Waals surface area (Å²) in [6.45, 7) is -0.288. The van der Waals surface area contributed by atoms with Crippen molar-refractivity contribution in [3.05, 3.63) is 82.0 Å². The molecule has 2 aromatic carbocycles. The lowest BCUT2D eigenvalue weighted by molar-refractivity contribution is -0.119. The molecule has 10 nitrogen and oxygen atoms in total. The van der Waals surface area contributed by atoms with Gasteiger partial charge in [-0.1, -0.05) is 18.2 Å². The monoisotopic (exact) mass is 534 g/mol. The number of aryl methyl sites for hydroxylation is 2. The summed E-state index contributed by atoms with van der Waals surface area (Å²) in [7, 11) is 0. The molecule has 0 radical (unpaired) electrons. The van der Waals surface area contributed by atoms with Crippen molar-refractivity contribution in [3.63, 3.8) is 0 Å². The maximum absolute atomic E-state index is 13.1. The summed E-state index contributed by atoms with van der Waals surface area (Å²) in [5.74, 6) is -1.21. The minimum absolute atomic E-state index is 0.0203. The highest BCUT2D eigenvalue weighted by molar-refractivity contribution is 6.06. The van der Waals surface area contributed by atoms with E-state index >= 15 is 0 Å². The number of rotatable bonds is 7. The van der Waals surface area contributed by atoms with Crippen LogP contribution in [0.25, 0.3) is 32.9 Å². The third-order valence-corrected chi connectivity index (χ3v) is 5.90. The third kappa shape index (κ3) is 5.17. The summed E-state index contributed by atoms with van der Waals surface area (Å²) in [4.78, 5) is 42.5. The van der Waals surface area contributed by atoms with Crippen molar-refractivity contribution in [1.82, 2.24) is 15.2 Å². The average molecular weight is 534 g/mol. The predicted molar refractivity (Wildman–Crippen MR) is 137 cm³/mol. The first kappa shape index (κ1) is 25.5. The third-order valence-electron chi connectivity index (χ3n) is 5.90. The molecule has 0 atom stereocenters. The Kier molecular flexibility index (Phi) is 6.75. The number of para-hydroxylation sites is 1. The lowest BCUT2D eigenvalue weighted by atomic mass is 10.0. The number of carbonyl (C=O) groups is 2. The van der Waals surface area contributed by atoms with E-state index in [4.69, 9.17) is 9.15 Å². The van der Waals surface area contributed by atoms with Crippen LogP contribution in [0.1, 0.15) is 21.8 Å². The molecule has 3 aromatic heterocycles. The van der Waals surface area contributed by atoms with Gasteiger partial charge in [-0.15, -0.1) is 0 Å². The van der Waals surface area contributed by atoms with Crippen LogP contribution in [0.4, 0.5) is 14.7 Å². The summed E-state index contributed by atoms with van der Waals surface area (Å²) < 4.78 is 40.2. The van der Waals surface area contributed by atoms with Gasteiger partial charge in [0.15, 0.2) is 6.61 Å². The molecule has 1 amide bonds. The number of carbonyl (C=O) groups excluding carboxylic acids is 2. The summed E-state index contributed by atoms with van der Waals surface area (Å²) in [6.07, 6.45) is 0.